The number of hydrogen-bond donors (Lipinski definition) is 1. The van der Waals surface area contributed by atoms with E-state index >= 15 is 8.78 Å². The second-order valence-corrected chi connectivity index (χ2v) is 12.0. The molecule has 14 heteroatoms. The fraction of sp³-hybridized carbons (Fsp3) is 0.500. The molecule has 224 valence electrons. The molecule has 0 bridgehead atoms. The van der Waals surface area contributed by atoms with Crippen LogP contribution < -0.4 is 10.2 Å². The van der Waals surface area contributed by atoms with Gasteiger partial charge in [0.2, 0.25) is 11.8 Å². The lowest BCUT2D eigenvalue weighted by atomic mass is 9.87. The van der Waals surface area contributed by atoms with Crippen LogP contribution in [0.4, 0.5) is 33.3 Å². The highest BCUT2D eigenvalue weighted by molar-refractivity contribution is 6.29. The van der Waals surface area contributed by atoms with Gasteiger partial charge < -0.3 is 15.1 Å². The first kappa shape index (κ1) is 28.6. The molecule has 1 aliphatic carbocycles. The molecular formula is C28H28ClF5N6O2. The molecule has 1 saturated heterocycles. The summed E-state index contributed by atoms with van der Waals surface area (Å²) >= 11 is 5.96. The van der Waals surface area contributed by atoms with Gasteiger partial charge in [0.05, 0.1) is 23.5 Å². The Kier molecular flexibility index (Phi) is 6.49. The standard InChI is InChI=1S/C28H28ClF5N6O2/c1-25(28(32,33)34)15-39(18-14-36-20-13-19(29)37-40(20)23(18)25)17-8-6-16(7-9-17)22-26(2,27(22,30)31)24(42)35-10-4-12-38-11-3-5-21(38)41/h6-9,13-14,22H,3-5,10-12,15H2,1-2H3,(H,35,42)/t22-,25-,26+/m1/s1. The topological polar surface area (TPSA) is 82.8 Å². The summed E-state index contributed by atoms with van der Waals surface area (Å²) in [7, 11) is 0. The number of nitrogens with zero attached hydrogens (tertiary/aromatic N) is 5. The van der Waals surface area contributed by atoms with Crippen LogP contribution in [0.1, 0.15) is 50.3 Å². The molecule has 0 radical (unpaired) electrons. The average Bonchev–Trinajstić information content (AvgIpc) is 3.39. The van der Waals surface area contributed by atoms with Gasteiger partial charge in [-0.3, -0.25) is 9.59 Å². The zero-order valence-corrected chi connectivity index (χ0v) is 23.6. The van der Waals surface area contributed by atoms with E-state index in [4.69, 9.17) is 11.6 Å². The van der Waals surface area contributed by atoms with Crippen molar-refractivity contribution in [2.75, 3.05) is 31.1 Å². The van der Waals surface area contributed by atoms with Crippen LogP contribution in [0.3, 0.4) is 0 Å². The van der Waals surface area contributed by atoms with Gasteiger partial charge in [-0.15, -0.1) is 0 Å². The van der Waals surface area contributed by atoms with Crippen LogP contribution in [0.2, 0.25) is 5.15 Å². The lowest BCUT2D eigenvalue weighted by Crippen LogP contribution is -2.43. The first-order valence-corrected chi connectivity index (χ1v) is 14.0. The molecule has 4 heterocycles. The van der Waals surface area contributed by atoms with E-state index in [0.717, 1.165) is 17.9 Å². The van der Waals surface area contributed by atoms with Crippen LogP contribution in [0.15, 0.2) is 36.5 Å². The molecule has 2 aliphatic heterocycles. The lowest BCUT2D eigenvalue weighted by molar-refractivity contribution is -0.181. The van der Waals surface area contributed by atoms with Gasteiger partial charge in [-0.25, -0.2) is 18.3 Å². The maximum atomic E-state index is 15.1. The largest absolute Gasteiger partial charge is 0.401 e. The number of halogens is 6. The van der Waals surface area contributed by atoms with E-state index in [1.165, 1.54) is 48.4 Å². The molecule has 1 N–H and O–H groups in total. The van der Waals surface area contributed by atoms with E-state index in [-0.39, 0.29) is 40.2 Å². The number of nitrogens with one attached hydrogen (secondary N) is 1. The van der Waals surface area contributed by atoms with Crippen molar-refractivity contribution >= 4 is 40.4 Å². The third-order valence-electron chi connectivity index (χ3n) is 8.97. The van der Waals surface area contributed by atoms with Crippen LogP contribution in [0.5, 0.6) is 0 Å². The Labute approximate surface area is 242 Å². The number of likely N-dealkylation sites (tertiary alicyclic amines) is 1. The third-order valence-corrected chi connectivity index (χ3v) is 9.15. The Balaban J connectivity index is 1.21. The molecule has 3 aromatic rings. The molecule has 1 saturated carbocycles. The Morgan fingerprint density at radius 1 is 1.19 bits per heavy atom. The molecule has 0 spiro atoms. The SMILES string of the molecule is C[C@@]1(C(F)(F)F)CN(c2ccc([C@H]3C(F)(F)[C@]3(C)C(=O)NCCCN3CCCC3=O)cc2)c2cnc3cc(Cl)nn3c21. The Bertz CT molecular complexity index is 1580. The molecular weight excluding hydrogens is 583 g/mol. The smallest absolute Gasteiger partial charge is 0.355 e. The second kappa shape index (κ2) is 9.51. The first-order valence-electron chi connectivity index (χ1n) is 13.6. The van der Waals surface area contributed by atoms with Crippen molar-refractivity contribution in [1.82, 2.24) is 24.8 Å². The van der Waals surface area contributed by atoms with E-state index in [2.05, 4.69) is 15.4 Å². The molecule has 0 unspecified atom stereocenters. The maximum absolute atomic E-state index is 15.1. The van der Waals surface area contributed by atoms with E-state index < -0.39 is 41.3 Å². The number of alkyl halides is 5. The summed E-state index contributed by atoms with van der Waals surface area (Å²) < 4.78 is 74.5. The molecule has 42 heavy (non-hydrogen) atoms. The molecule has 3 atom stereocenters. The normalized spacial score (nSPS) is 26.7. The van der Waals surface area contributed by atoms with Gasteiger partial charge in [-0.05, 0) is 44.4 Å². The van der Waals surface area contributed by atoms with E-state index in [9.17, 15) is 22.8 Å². The van der Waals surface area contributed by atoms with Gasteiger partial charge in [0.1, 0.15) is 10.8 Å². The number of aromatic nitrogens is 3. The van der Waals surface area contributed by atoms with Crippen molar-refractivity contribution in [3.8, 4) is 0 Å². The summed E-state index contributed by atoms with van der Waals surface area (Å²) in [6.07, 6.45) is -1.56. The van der Waals surface area contributed by atoms with Crippen molar-refractivity contribution in [3.63, 3.8) is 0 Å². The van der Waals surface area contributed by atoms with Crippen LogP contribution in [0.25, 0.3) is 5.65 Å². The maximum Gasteiger partial charge on any atom is 0.401 e. The van der Waals surface area contributed by atoms with Crippen LogP contribution in [0, 0.1) is 5.41 Å². The van der Waals surface area contributed by atoms with Crippen LogP contribution in [-0.2, 0) is 15.0 Å². The highest BCUT2D eigenvalue weighted by Gasteiger charge is 2.82. The zero-order chi connectivity index (χ0) is 30.2. The van der Waals surface area contributed by atoms with E-state index in [1.54, 1.807) is 4.90 Å². The van der Waals surface area contributed by atoms with Gasteiger partial charge in [0.15, 0.2) is 10.8 Å². The average molecular weight is 611 g/mol. The molecule has 2 fully saturated rings. The van der Waals surface area contributed by atoms with Crippen molar-refractivity contribution in [2.24, 2.45) is 5.41 Å². The number of hydrogen-bond acceptors (Lipinski definition) is 5. The Hall–Kier alpha value is -3.48. The fourth-order valence-corrected chi connectivity index (χ4v) is 6.51. The number of rotatable bonds is 7. The third kappa shape index (κ3) is 4.14. The monoisotopic (exact) mass is 610 g/mol. The summed E-state index contributed by atoms with van der Waals surface area (Å²) in [6, 6.07) is 7.16. The quantitative estimate of drug-likeness (QED) is 0.293. The van der Waals surface area contributed by atoms with E-state index in [1.807, 2.05) is 0 Å². The number of carbonyl (C=O) groups excluding carboxylic acids is 2. The van der Waals surface area contributed by atoms with Crippen molar-refractivity contribution in [3.05, 3.63) is 52.9 Å². The lowest BCUT2D eigenvalue weighted by Gasteiger charge is -2.28. The minimum Gasteiger partial charge on any atom is -0.355 e. The molecule has 2 aromatic heterocycles. The summed E-state index contributed by atoms with van der Waals surface area (Å²) in [5, 5.41) is 6.61. The number of anilines is 2. The van der Waals surface area contributed by atoms with Gasteiger partial charge in [-0.1, -0.05) is 23.7 Å². The summed E-state index contributed by atoms with van der Waals surface area (Å²) in [4.78, 5) is 31.9. The molecule has 8 nitrogen and oxygen atoms in total. The van der Waals surface area contributed by atoms with Gasteiger partial charge in [0.25, 0.3) is 5.92 Å². The molecule has 2 amide bonds. The van der Waals surface area contributed by atoms with Crippen molar-refractivity contribution < 1.29 is 31.5 Å². The van der Waals surface area contributed by atoms with Gasteiger partial charge in [-0.2, -0.15) is 18.3 Å². The van der Waals surface area contributed by atoms with Crippen molar-refractivity contribution in [1.29, 1.82) is 0 Å². The summed E-state index contributed by atoms with van der Waals surface area (Å²) in [5.74, 6) is -5.43. The predicted octanol–water partition coefficient (Wildman–Crippen LogP) is 5.22. The zero-order valence-electron chi connectivity index (χ0n) is 22.8. The van der Waals surface area contributed by atoms with Gasteiger partial charge in [0, 0.05) is 44.4 Å². The highest BCUT2D eigenvalue weighted by atomic mass is 35.5. The number of amides is 2. The molecule has 3 aliphatic rings. The first-order chi connectivity index (χ1) is 19.7. The minimum absolute atomic E-state index is 0.00219. The Morgan fingerprint density at radius 3 is 2.55 bits per heavy atom. The number of carbonyl (C=O) groups is 2. The van der Waals surface area contributed by atoms with E-state index in [0.29, 0.717) is 31.6 Å². The summed E-state index contributed by atoms with van der Waals surface area (Å²) in [6.45, 7) is 3.09. The second-order valence-electron chi connectivity index (χ2n) is 11.6. The molecule has 6 rings (SSSR count). The van der Waals surface area contributed by atoms with Crippen molar-refractivity contribution in [2.45, 2.75) is 56.5 Å². The number of benzene rings is 1. The number of fused-ring (bicyclic) bond motifs is 3. The highest BCUT2D eigenvalue weighted by Crippen LogP contribution is 2.71. The Morgan fingerprint density at radius 2 is 1.90 bits per heavy atom. The minimum atomic E-state index is -4.64. The molecule has 1 aromatic carbocycles. The fourth-order valence-electron chi connectivity index (χ4n) is 6.34. The van der Waals surface area contributed by atoms with Gasteiger partial charge >= 0.3 is 6.18 Å². The van der Waals surface area contributed by atoms with Crippen LogP contribution in [-0.4, -0.2) is 69.6 Å². The van der Waals surface area contributed by atoms with Crippen LogP contribution >= 0.6 is 11.6 Å². The summed E-state index contributed by atoms with van der Waals surface area (Å²) in [5.41, 5.74) is -3.52. The predicted molar refractivity (Wildman–Crippen MR) is 144 cm³/mol.